The number of pyridine rings is 1. The zero-order valence-corrected chi connectivity index (χ0v) is 14.1. The smallest absolute Gasteiger partial charge is 0.253 e. The predicted molar refractivity (Wildman–Crippen MR) is 93.2 cm³/mol. The summed E-state index contributed by atoms with van der Waals surface area (Å²) in [4.78, 5) is 16.0. The lowest BCUT2D eigenvalue weighted by Crippen LogP contribution is -2.23. The lowest BCUT2D eigenvalue weighted by Gasteiger charge is -2.07. The molecular weight excluding hydrogens is 347 g/mol. The van der Waals surface area contributed by atoms with E-state index in [1.54, 1.807) is 6.20 Å². The third kappa shape index (κ3) is 4.13. The van der Waals surface area contributed by atoms with Crippen molar-refractivity contribution in [1.29, 1.82) is 0 Å². The van der Waals surface area contributed by atoms with Crippen LogP contribution in [0.15, 0.2) is 55.0 Å². The molecule has 3 aromatic rings. The van der Waals surface area contributed by atoms with Gasteiger partial charge < -0.3 is 5.32 Å². The fourth-order valence-electron chi connectivity index (χ4n) is 2.17. The molecule has 1 aromatic carbocycles. The van der Waals surface area contributed by atoms with Gasteiger partial charge in [-0.3, -0.25) is 9.48 Å². The van der Waals surface area contributed by atoms with Gasteiger partial charge in [0, 0.05) is 25.1 Å². The van der Waals surface area contributed by atoms with Crippen LogP contribution >= 0.6 is 23.2 Å². The summed E-state index contributed by atoms with van der Waals surface area (Å²) in [5.41, 5.74) is 2.52. The van der Waals surface area contributed by atoms with Gasteiger partial charge in [-0.2, -0.15) is 5.10 Å². The molecular formula is C17H14Cl2N4O. The van der Waals surface area contributed by atoms with E-state index in [4.69, 9.17) is 23.2 Å². The Labute approximate surface area is 149 Å². The number of carbonyl (C=O) groups excluding carboxylic acids is 1. The van der Waals surface area contributed by atoms with Gasteiger partial charge in [0.05, 0.1) is 17.1 Å². The number of halogens is 2. The Balaban J connectivity index is 1.58. The third-order valence-electron chi connectivity index (χ3n) is 3.44. The van der Waals surface area contributed by atoms with Gasteiger partial charge in [0.1, 0.15) is 5.15 Å². The molecule has 122 valence electrons. The number of hydrogen-bond acceptors (Lipinski definition) is 3. The maximum Gasteiger partial charge on any atom is 0.253 e. The van der Waals surface area contributed by atoms with Gasteiger partial charge >= 0.3 is 0 Å². The van der Waals surface area contributed by atoms with E-state index in [1.807, 2.05) is 41.2 Å². The summed E-state index contributed by atoms with van der Waals surface area (Å²) in [6.07, 6.45) is 5.07. The molecule has 0 spiro atoms. The number of hydrogen-bond donors (Lipinski definition) is 1. The highest BCUT2D eigenvalue weighted by Gasteiger charge is 2.09. The summed E-state index contributed by atoms with van der Waals surface area (Å²) >= 11 is 11.6. The molecule has 5 nitrogen and oxygen atoms in total. The summed E-state index contributed by atoms with van der Waals surface area (Å²) in [5.74, 6) is -0.248. The Morgan fingerprint density at radius 3 is 2.58 bits per heavy atom. The molecule has 0 aliphatic carbocycles. The van der Waals surface area contributed by atoms with Gasteiger partial charge in [0.25, 0.3) is 5.91 Å². The first kappa shape index (κ1) is 16.5. The van der Waals surface area contributed by atoms with E-state index < -0.39 is 0 Å². The SMILES string of the molecule is O=C(NCc1ccc(Cn2cccn2)cc1)c1cnc(Cl)c(Cl)c1. The second-order valence-electron chi connectivity index (χ2n) is 5.20. The highest BCUT2D eigenvalue weighted by atomic mass is 35.5. The third-order valence-corrected chi connectivity index (χ3v) is 4.12. The predicted octanol–water partition coefficient (Wildman–Crippen LogP) is 3.56. The number of nitrogens with zero attached hydrogens (tertiary/aromatic N) is 3. The molecule has 1 amide bonds. The molecule has 0 aliphatic heterocycles. The Kier molecular flexibility index (Phi) is 5.13. The van der Waals surface area contributed by atoms with Crippen molar-refractivity contribution < 1.29 is 4.79 Å². The van der Waals surface area contributed by atoms with Crippen LogP contribution in [0.1, 0.15) is 21.5 Å². The summed E-state index contributed by atoms with van der Waals surface area (Å²) in [7, 11) is 0. The molecule has 0 bridgehead atoms. The maximum absolute atomic E-state index is 12.1. The van der Waals surface area contributed by atoms with Gasteiger partial charge in [-0.25, -0.2) is 4.98 Å². The van der Waals surface area contributed by atoms with Crippen LogP contribution in [0.2, 0.25) is 10.2 Å². The summed E-state index contributed by atoms with van der Waals surface area (Å²) < 4.78 is 1.86. The van der Waals surface area contributed by atoms with Crippen LogP contribution in [0.3, 0.4) is 0 Å². The second-order valence-corrected chi connectivity index (χ2v) is 5.96. The molecule has 1 N–H and O–H groups in total. The van der Waals surface area contributed by atoms with Crippen molar-refractivity contribution in [2.45, 2.75) is 13.1 Å². The van der Waals surface area contributed by atoms with Crippen LogP contribution in [0.5, 0.6) is 0 Å². The number of nitrogens with one attached hydrogen (secondary N) is 1. The first-order valence-electron chi connectivity index (χ1n) is 7.26. The largest absolute Gasteiger partial charge is 0.348 e. The van der Waals surface area contributed by atoms with Crippen molar-refractivity contribution in [2.75, 3.05) is 0 Å². The standard InChI is InChI=1S/C17H14Cl2N4O/c18-15-8-14(10-20-16(15)19)17(24)21-9-12-2-4-13(5-3-12)11-23-7-1-6-22-23/h1-8,10H,9,11H2,(H,21,24). The van der Waals surface area contributed by atoms with Crippen molar-refractivity contribution in [3.05, 3.63) is 81.9 Å². The van der Waals surface area contributed by atoms with Crippen molar-refractivity contribution in [1.82, 2.24) is 20.1 Å². The molecule has 0 unspecified atom stereocenters. The van der Waals surface area contributed by atoms with Crippen molar-refractivity contribution in [3.63, 3.8) is 0 Å². The first-order chi connectivity index (χ1) is 11.6. The molecule has 0 saturated carbocycles. The lowest BCUT2D eigenvalue weighted by molar-refractivity contribution is 0.0950. The van der Waals surface area contributed by atoms with Gasteiger partial charge in [0.2, 0.25) is 0 Å². The van der Waals surface area contributed by atoms with E-state index in [2.05, 4.69) is 15.4 Å². The van der Waals surface area contributed by atoms with Crippen molar-refractivity contribution in [3.8, 4) is 0 Å². The molecule has 3 rings (SSSR count). The Bertz CT molecular complexity index is 832. The fourth-order valence-corrected chi connectivity index (χ4v) is 2.44. The fraction of sp³-hybridized carbons (Fsp3) is 0.118. The average molecular weight is 361 g/mol. The van der Waals surface area contributed by atoms with Crippen LogP contribution in [-0.4, -0.2) is 20.7 Å². The molecule has 24 heavy (non-hydrogen) atoms. The van der Waals surface area contributed by atoms with Crippen LogP contribution in [0, 0.1) is 0 Å². The van der Waals surface area contributed by atoms with E-state index in [1.165, 1.54) is 12.3 Å². The first-order valence-corrected chi connectivity index (χ1v) is 8.02. The topological polar surface area (TPSA) is 59.8 Å². The Hall–Kier alpha value is -2.37. The van der Waals surface area contributed by atoms with E-state index in [9.17, 15) is 4.79 Å². The van der Waals surface area contributed by atoms with Gasteiger partial charge in [0.15, 0.2) is 0 Å². The number of amides is 1. The summed E-state index contributed by atoms with van der Waals surface area (Å²) in [5, 5.41) is 7.44. The molecule has 0 fully saturated rings. The monoisotopic (exact) mass is 360 g/mol. The number of aromatic nitrogens is 3. The van der Waals surface area contributed by atoms with Crippen LogP contribution in [0.25, 0.3) is 0 Å². The molecule has 0 aliphatic rings. The average Bonchev–Trinajstić information content (AvgIpc) is 3.09. The molecule has 0 saturated heterocycles. The Morgan fingerprint density at radius 1 is 1.17 bits per heavy atom. The molecule has 2 heterocycles. The van der Waals surface area contributed by atoms with Crippen molar-refractivity contribution in [2.24, 2.45) is 0 Å². The van der Waals surface area contributed by atoms with Gasteiger partial charge in [-0.1, -0.05) is 47.5 Å². The molecule has 0 radical (unpaired) electrons. The summed E-state index contributed by atoms with van der Waals surface area (Å²) in [6, 6.07) is 11.4. The van der Waals surface area contributed by atoms with Gasteiger partial charge in [-0.05, 0) is 23.3 Å². The highest BCUT2D eigenvalue weighted by Crippen LogP contribution is 2.19. The minimum absolute atomic E-state index is 0.181. The van der Waals surface area contributed by atoms with Crippen molar-refractivity contribution >= 4 is 29.1 Å². The number of carbonyl (C=O) groups is 1. The quantitative estimate of drug-likeness (QED) is 0.707. The molecule has 2 aromatic heterocycles. The van der Waals surface area contributed by atoms with Crippen LogP contribution in [-0.2, 0) is 13.1 Å². The van der Waals surface area contributed by atoms with Gasteiger partial charge in [-0.15, -0.1) is 0 Å². The number of benzene rings is 1. The van der Waals surface area contributed by atoms with E-state index in [-0.39, 0.29) is 16.1 Å². The zero-order chi connectivity index (χ0) is 16.9. The molecule has 0 atom stereocenters. The highest BCUT2D eigenvalue weighted by molar-refractivity contribution is 6.41. The van der Waals surface area contributed by atoms with Crippen LogP contribution < -0.4 is 5.32 Å². The summed E-state index contributed by atoms with van der Waals surface area (Å²) in [6.45, 7) is 1.13. The normalized spacial score (nSPS) is 10.6. The van der Waals surface area contributed by atoms with Crippen LogP contribution in [0.4, 0.5) is 0 Å². The lowest BCUT2D eigenvalue weighted by atomic mass is 10.1. The second kappa shape index (κ2) is 7.47. The molecule has 7 heteroatoms. The minimum Gasteiger partial charge on any atom is -0.348 e. The number of rotatable bonds is 5. The zero-order valence-electron chi connectivity index (χ0n) is 12.6. The van der Waals surface area contributed by atoms with E-state index >= 15 is 0 Å². The van der Waals surface area contributed by atoms with E-state index in [0.29, 0.717) is 18.7 Å². The minimum atomic E-state index is -0.248. The van der Waals surface area contributed by atoms with E-state index in [0.717, 1.165) is 11.1 Å². The Morgan fingerprint density at radius 2 is 1.92 bits per heavy atom. The maximum atomic E-state index is 12.1.